The highest BCUT2D eigenvalue weighted by Crippen LogP contribution is 2.35. The number of aromatic hydroxyl groups is 1. The van der Waals surface area contributed by atoms with Crippen LogP contribution >= 0.6 is 0 Å². The van der Waals surface area contributed by atoms with Crippen LogP contribution in [0.5, 0.6) is 5.75 Å². The van der Waals surface area contributed by atoms with Crippen molar-refractivity contribution in [1.82, 2.24) is 20.4 Å². The van der Waals surface area contributed by atoms with Gasteiger partial charge in [-0.25, -0.2) is 4.79 Å². The highest BCUT2D eigenvalue weighted by molar-refractivity contribution is 6.13. The zero-order valence-electron chi connectivity index (χ0n) is 24.7. The Kier molecular flexibility index (Phi) is 8.49. The average Bonchev–Trinajstić information content (AvgIpc) is 3.54. The van der Waals surface area contributed by atoms with E-state index in [1.165, 1.54) is 17.1 Å². The van der Waals surface area contributed by atoms with Crippen molar-refractivity contribution < 1.29 is 38.6 Å². The summed E-state index contributed by atoms with van der Waals surface area (Å²) in [6.45, 7) is 0.791. The molecular weight excluding hydrogens is 594 g/mol. The monoisotopic (exact) mass is 625 g/mol. The topological polar surface area (TPSA) is 174 Å². The lowest BCUT2D eigenvalue weighted by Gasteiger charge is -2.29. The maximum absolute atomic E-state index is 13.0. The van der Waals surface area contributed by atoms with E-state index in [1.807, 2.05) is 30.3 Å². The Morgan fingerprint density at radius 1 is 0.935 bits per heavy atom. The number of phenols is 1. The summed E-state index contributed by atoms with van der Waals surface area (Å²) in [6.07, 6.45) is 3.40. The van der Waals surface area contributed by atoms with Crippen LogP contribution in [0.25, 0.3) is 10.8 Å². The highest BCUT2D eigenvalue weighted by atomic mass is 16.5. The van der Waals surface area contributed by atoms with Crippen LogP contribution in [0, 0.1) is 0 Å². The van der Waals surface area contributed by atoms with Gasteiger partial charge in [-0.05, 0) is 35.9 Å². The number of phenolic OH excluding ortho intramolecular Hbond substituents is 1. The molecule has 0 radical (unpaired) electrons. The number of nitrogens with one attached hydrogen (secondary N) is 3. The van der Waals surface area contributed by atoms with Crippen LogP contribution in [0.2, 0.25) is 0 Å². The molecule has 1 fully saturated rings. The van der Waals surface area contributed by atoms with E-state index in [-0.39, 0.29) is 68.1 Å². The molecule has 0 spiro atoms. The average molecular weight is 626 g/mol. The van der Waals surface area contributed by atoms with Crippen LogP contribution in [0.15, 0.2) is 60.7 Å². The number of hydrogen-bond acceptors (Lipinski definition) is 8. The second kappa shape index (κ2) is 12.8. The Morgan fingerprint density at radius 3 is 2.48 bits per heavy atom. The van der Waals surface area contributed by atoms with Crippen LogP contribution in [-0.4, -0.2) is 76.3 Å². The predicted octanol–water partition coefficient (Wildman–Crippen LogP) is 2.11. The minimum Gasteiger partial charge on any atom is -0.507 e. The van der Waals surface area contributed by atoms with Gasteiger partial charge in [0.05, 0.1) is 32.0 Å². The lowest BCUT2D eigenvalue weighted by molar-refractivity contribution is -0.138. The van der Waals surface area contributed by atoms with Crippen molar-refractivity contribution in [3.63, 3.8) is 0 Å². The molecule has 3 aromatic carbocycles. The number of carbonyl (C=O) groups excluding carboxylic acids is 6. The van der Waals surface area contributed by atoms with E-state index in [0.29, 0.717) is 29.8 Å². The molecule has 1 atom stereocenters. The van der Waals surface area contributed by atoms with Gasteiger partial charge in [-0.2, -0.15) is 0 Å². The summed E-state index contributed by atoms with van der Waals surface area (Å²) in [7, 11) is 0. The van der Waals surface area contributed by atoms with Gasteiger partial charge < -0.3 is 25.4 Å². The molecule has 0 aliphatic carbocycles. The lowest BCUT2D eigenvalue weighted by Crippen LogP contribution is -2.52. The molecule has 0 saturated carbocycles. The van der Waals surface area contributed by atoms with Crippen molar-refractivity contribution in [2.24, 2.45) is 0 Å². The minimum absolute atomic E-state index is 0.0183. The summed E-state index contributed by atoms with van der Waals surface area (Å²) >= 11 is 0. The van der Waals surface area contributed by atoms with Gasteiger partial charge in [-0.15, -0.1) is 0 Å². The van der Waals surface area contributed by atoms with Gasteiger partial charge in [0.25, 0.3) is 17.7 Å². The van der Waals surface area contributed by atoms with Crippen LogP contribution in [-0.2, 0) is 43.4 Å². The Balaban J connectivity index is 1.05. The fourth-order valence-corrected chi connectivity index (χ4v) is 5.95. The van der Waals surface area contributed by atoms with Gasteiger partial charge in [0.2, 0.25) is 11.8 Å². The number of fused-ring (bicyclic) bond motifs is 2. The van der Waals surface area contributed by atoms with Gasteiger partial charge in [0.1, 0.15) is 11.8 Å². The van der Waals surface area contributed by atoms with Gasteiger partial charge in [0.15, 0.2) is 0 Å². The summed E-state index contributed by atoms with van der Waals surface area (Å²) in [5.41, 5.74) is 2.64. The van der Waals surface area contributed by atoms with E-state index < -0.39 is 23.9 Å². The molecule has 1 saturated heterocycles. The van der Waals surface area contributed by atoms with Gasteiger partial charge in [0, 0.05) is 47.2 Å². The molecule has 236 valence electrons. The molecule has 3 aliphatic rings. The SMILES string of the molecule is O=C1CCC(N2Cc3c(ccc(CNC(=O)Nc4cccc5c(CCOCCN6C(=O)C=CC6=O)cccc45)c3O)C2=O)C(=O)N1. The lowest BCUT2D eigenvalue weighted by atomic mass is 10.0. The molecule has 0 aromatic heterocycles. The summed E-state index contributed by atoms with van der Waals surface area (Å²) < 4.78 is 5.68. The first kappa shape index (κ1) is 30.5. The normalized spacial score (nSPS) is 17.6. The number of urea groups is 1. The third kappa shape index (κ3) is 6.04. The van der Waals surface area contributed by atoms with Crippen molar-refractivity contribution >= 4 is 52.0 Å². The van der Waals surface area contributed by atoms with Crippen LogP contribution in [0.3, 0.4) is 0 Å². The fourth-order valence-electron chi connectivity index (χ4n) is 5.95. The van der Waals surface area contributed by atoms with E-state index in [4.69, 9.17) is 4.74 Å². The number of imide groups is 2. The molecular formula is C33H31N5O8. The summed E-state index contributed by atoms with van der Waals surface area (Å²) in [4.78, 5) is 75.6. The van der Waals surface area contributed by atoms with Crippen molar-refractivity contribution in [2.75, 3.05) is 25.1 Å². The number of piperidine rings is 1. The van der Waals surface area contributed by atoms with Gasteiger partial charge >= 0.3 is 6.03 Å². The molecule has 13 nitrogen and oxygen atoms in total. The Bertz CT molecular complexity index is 1800. The van der Waals surface area contributed by atoms with E-state index in [1.54, 1.807) is 18.2 Å². The van der Waals surface area contributed by atoms with E-state index >= 15 is 0 Å². The van der Waals surface area contributed by atoms with Crippen molar-refractivity contribution in [1.29, 1.82) is 0 Å². The number of hydrogen-bond donors (Lipinski definition) is 4. The molecule has 3 heterocycles. The third-order valence-electron chi connectivity index (χ3n) is 8.35. The van der Waals surface area contributed by atoms with E-state index in [9.17, 15) is 33.9 Å². The molecule has 13 heteroatoms. The third-order valence-corrected chi connectivity index (χ3v) is 8.35. The summed E-state index contributed by atoms with van der Waals surface area (Å²) in [5, 5.41) is 20.6. The fraction of sp³-hybridized carbons (Fsp3) is 0.273. The molecule has 6 rings (SSSR count). The van der Waals surface area contributed by atoms with Crippen molar-refractivity contribution in [3.05, 3.63) is 82.9 Å². The standard InChI is InChI=1S/C33H31N5O8/c39-27-10-9-26(31(43)36-27)38-18-24-23(32(38)44)8-7-20(30(24)42)17-34-33(45)35-25-6-2-4-21-19(3-1-5-22(21)25)13-15-46-16-14-37-28(40)11-12-29(37)41/h1-8,11-12,26,42H,9-10,13-18H2,(H2,34,35,45)(H,36,39,43). The number of ether oxygens (including phenoxy) is 1. The quantitative estimate of drug-likeness (QED) is 0.196. The largest absolute Gasteiger partial charge is 0.507 e. The molecule has 3 aliphatic heterocycles. The van der Waals surface area contributed by atoms with E-state index in [0.717, 1.165) is 21.2 Å². The van der Waals surface area contributed by atoms with Gasteiger partial charge in [-0.1, -0.05) is 36.4 Å². The number of rotatable bonds is 10. The molecule has 7 amide bonds. The number of anilines is 1. The predicted molar refractivity (Wildman–Crippen MR) is 164 cm³/mol. The number of nitrogens with zero attached hydrogens (tertiary/aromatic N) is 2. The van der Waals surface area contributed by atoms with Crippen LogP contribution in [0.4, 0.5) is 10.5 Å². The first-order valence-corrected chi connectivity index (χ1v) is 14.9. The zero-order chi connectivity index (χ0) is 32.4. The molecule has 3 aromatic rings. The number of carbonyl (C=O) groups is 6. The van der Waals surface area contributed by atoms with Crippen molar-refractivity contribution in [2.45, 2.75) is 38.4 Å². The summed E-state index contributed by atoms with van der Waals surface area (Å²) in [5.74, 6) is -2.12. The smallest absolute Gasteiger partial charge is 0.319 e. The molecule has 46 heavy (non-hydrogen) atoms. The minimum atomic E-state index is -0.797. The summed E-state index contributed by atoms with van der Waals surface area (Å²) in [6, 6.07) is 13.1. The van der Waals surface area contributed by atoms with Gasteiger partial charge in [-0.3, -0.25) is 34.2 Å². The van der Waals surface area contributed by atoms with Crippen molar-refractivity contribution in [3.8, 4) is 5.75 Å². The second-order valence-corrected chi connectivity index (χ2v) is 11.1. The maximum Gasteiger partial charge on any atom is 0.319 e. The Hall–Kier alpha value is -5.56. The van der Waals surface area contributed by atoms with Crippen LogP contribution < -0.4 is 16.0 Å². The highest BCUT2D eigenvalue weighted by Gasteiger charge is 2.40. The first-order valence-electron chi connectivity index (χ1n) is 14.9. The van der Waals surface area contributed by atoms with E-state index in [2.05, 4.69) is 16.0 Å². The van der Waals surface area contributed by atoms with Crippen LogP contribution in [0.1, 0.15) is 39.9 Å². The Morgan fingerprint density at radius 2 is 1.70 bits per heavy atom. The first-order chi connectivity index (χ1) is 22.2. The molecule has 1 unspecified atom stereocenters. The second-order valence-electron chi connectivity index (χ2n) is 11.1. The number of benzene rings is 3. The number of amides is 7. The maximum atomic E-state index is 13.0. The molecule has 0 bridgehead atoms. The molecule has 4 N–H and O–H groups in total. The zero-order valence-corrected chi connectivity index (χ0v) is 24.7. The Labute approximate surface area is 263 Å².